The summed E-state index contributed by atoms with van der Waals surface area (Å²) in [6, 6.07) is 9.07. The molecule has 0 spiro atoms. The van der Waals surface area contributed by atoms with Crippen LogP contribution in [0.1, 0.15) is 30.6 Å². The Morgan fingerprint density at radius 3 is 2.70 bits per heavy atom. The fourth-order valence-electron chi connectivity index (χ4n) is 3.87. The number of carbonyl (C=O) groups is 1. The number of fused-ring (bicyclic) bond motifs is 1. The van der Waals surface area contributed by atoms with Gasteiger partial charge in [-0.15, -0.1) is 0 Å². The van der Waals surface area contributed by atoms with E-state index >= 15 is 0 Å². The lowest BCUT2D eigenvalue weighted by atomic mass is 10.2. The van der Waals surface area contributed by atoms with Crippen LogP contribution in [0.5, 0.6) is 0 Å². The molecule has 0 radical (unpaired) electrons. The highest BCUT2D eigenvalue weighted by molar-refractivity contribution is 7.93. The van der Waals surface area contributed by atoms with Crippen LogP contribution in [0, 0.1) is 0 Å². The Morgan fingerprint density at radius 1 is 1.15 bits per heavy atom. The molecule has 3 aromatic rings. The fourth-order valence-corrected chi connectivity index (χ4v) is 5.39. The van der Waals surface area contributed by atoms with Crippen molar-refractivity contribution in [2.45, 2.75) is 20.3 Å². The molecule has 2 aliphatic rings. The van der Waals surface area contributed by atoms with Gasteiger partial charge in [-0.05, 0) is 62.8 Å². The Morgan fingerprint density at radius 2 is 2.00 bits per heavy atom. The molecule has 2 aromatic heterocycles. The summed E-state index contributed by atoms with van der Waals surface area (Å²) in [5.74, 6) is 1.24. The van der Waals surface area contributed by atoms with E-state index in [0.717, 1.165) is 28.2 Å². The molecule has 0 unspecified atom stereocenters. The van der Waals surface area contributed by atoms with Crippen molar-refractivity contribution >= 4 is 38.3 Å². The standard InChI is InChI=1S/C22H23N7O3S/c1-14-4-8-20(27-26-14)24-16-5-7-18-19(12-16)28(13-23-18)21-9-6-17(15(2)30)22(25-21)29-10-3-11-33(29,31)32/h4-9,12-13,24,26-27H,3,10-11H2,1-2H3. The Hall–Kier alpha value is -3.86. The van der Waals surface area contributed by atoms with E-state index in [9.17, 15) is 13.2 Å². The zero-order valence-corrected chi connectivity index (χ0v) is 19.0. The molecule has 1 saturated heterocycles. The van der Waals surface area contributed by atoms with Crippen LogP contribution >= 0.6 is 0 Å². The number of sulfonamides is 1. The zero-order valence-electron chi connectivity index (χ0n) is 18.2. The first-order chi connectivity index (χ1) is 15.8. The minimum absolute atomic E-state index is 0.0484. The molecule has 2 aliphatic heterocycles. The summed E-state index contributed by atoms with van der Waals surface area (Å²) in [5, 5.41) is 3.30. The highest BCUT2D eigenvalue weighted by atomic mass is 32.2. The summed E-state index contributed by atoms with van der Waals surface area (Å²) in [4.78, 5) is 21.2. The number of nitrogens with zero attached hydrogens (tertiary/aromatic N) is 4. The number of allylic oxidation sites excluding steroid dienone is 3. The molecule has 11 heteroatoms. The maximum atomic E-state index is 12.5. The number of anilines is 2. The van der Waals surface area contributed by atoms with Gasteiger partial charge in [0, 0.05) is 17.9 Å². The normalized spacial score (nSPS) is 17.2. The van der Waals surface area contributed by atoms with Crippen LogP contribution in [0.4, 0.5) is 11.5 Å². The van der Waals surface area contributed by atoms with Gasteiger partial charge >= 0.3 is 0 Å². The van der Waals surface area contributed by atoms with Gasteiger partial charge in [-0.2, -0.15) is 0 Å². The number of carbonyl (C=O) groups excluding carboxylic acids is 1. The van der Waals surface area contributed by atoms with Gasteiger partial charge in [0.05, 0.1) is 22.3 Å². The third-order valence-electron chi connectivity index (χ3n) is 5.54. The first-order valence-electron chi connectivity index (χ1n) is 10.5. The van der Waals surface area contributed by atoms with Gasteiger partial charge < -0.3 is 10.7 Å². The van der Waals surface area contributed by atoms with Crippen molar-refractivity contribution < 1.29 is 13.2 Å². The van der Waals surface area contributed by atoms with Crippen molar-refractivity contribution in [3.63, 3.8) is 0 Å². The number of nitrogens with one attached hydrogen (secondary N) is 3. The zero-order chi connectivity index (χ0) is 23.2. The summed E-state index contributed by atoms with van der Waals surface area (Å²) < 4.78 is 28.1. The average molecular weight is 466 g/mol. The van der Waals surface area contributed by atoms with Gasteiger partial charge in [0.25, 0.3) is 0 Å². The Bertz CT molecular complexity index is 1440. The molecule has 1 aromatic carbocycles. The first kappa shape index (κ1) is 21.0. The Labute approximate surface area is 191 Å². The van der Waals surface area contributed by atoms with Crippen molar-refractivity contribution in [2.24, 2.45) is 0 Å². The molecule has 0 atom stereocenters. The number of benzene rings is 1. The quantitative estimate of drug-likeness (QED) is 0.491. The summed E-state index contributed by atoms with van der Waals surface area (Å²) in [6.07, 6.45) is 6.02. The third-order valence-corrected chi connectivity index (χ3v) is 7.37. The molecule has 0 aliphatic carbocycles. The number of Topliss-reactive ketones (excluding diaryl/α,β-unsaturated/α-hetero) is 1. The minimum atomic E-state index is -3.49. The molecule has 5 rings (SSSR count). The van der Waals surface area contributed by atoms with Gasteiger partial charge in [-0.3, -0.25) is 19.1 Å². The summed E-state index contributed by atoms with van der Waals surface area (Å²) in [7, 11) is -3.49. The maximum Gasteiger partial charge on any atom is 0.236 e. The second-order valence-electron chi connectivity index (χ2n) is 7.96. The van der Waals surface area contributed by atoms with Crippen molar-refractivity contribution in [3.8, 4) is 5.82 Å². The van der Waals surface area contributed by atoms with Crippen LogP contribution in [0.15, 0.2) is 60.3 Å². The lowest BCUT2D eigenvalue weighted by molar-refractivity contribution is 0.101. The van der Waals surface area contributed by atoms with E-state index in [1.807, 2.05) is 37.3 Å². The van der Waals surface area contributed by atoms with Crippen LogP contribution in [0.25, 0.3) is 16.9 Å². The van der Waals surface area contributed by atoms with Crippen LogP contribution < -0.4 is 20.5 Å². The van der Waals surface area contributed by atoms with E-state index < -0.39 is 10.0 Å². The van der Waals surface area contributed by atoms with Crippen LogP contribution in [-0.2, 0) is 10.0 Å². The molecule has 4 heterocycles. The third kappa shape index (κ3) is 3.91. The fraction of sp³-hybridized carbons (Fsp3) is 0.227. The highest BCUT2D eigenvalue weighted by Crippen LogP contribution is 2.29. The highest BCUT2D eigenvalue weighted by Gasteiger charge is 2.32. The maximum absolute atomic E-state index is 12.5. The second kappa shape index (κ2) is 7.93. The number of hydrazine groups is 1. The first-order valence-corrected chi connectivity index (χ1v) is 12.1. The predicted octanol–water partition coefficient (Wildman–Crippen LogP) is 2.43. The lowest BCUT2D eigenvalue weighted by Crippen LogP contribution is -2.34. The number of imidazole rings is 1. The molecule has 0 bridgehead atoms. The molecule has 170 valence electrons. The number of aromatic nitrogens is 3. The predicted molar refractivity (Wildman–Crippen MR) is 126 cm³/mol. The van der Waals surface area contributed by atoms with Crippen LogP contribution in [0.2, 0.25) is 0 Å². The molecule has 3 N–H and O–H groups in total. The SMILES string of the molecule is CC(=O)c1ccc(-n2cnc3ccc(NC4=CC=C(C)NN4)cc32)nc1N1CCCS1(=O)=O. The lowest BCUT2D eigenvalue weighted by Gasteiger charge is -2.20. The van der Waals surface area contributed by atoms with E-state index in [0.29, 0.717) is 18.8 Å². The van der Waals surface area contributed by atoms with E-state index in [-0.39, 0.29) is 22.9 Å². The number of rotatable bonds is 5. The molecule has 0 saturated carbocycles. The molecular weight excluding hydrogens is 442 g/mol. The van der Waals surface area contributed by atoms with Crippen molar-refractivity contribution in [1.29, 1.82) is 0 Å². The van der Waals surface area contributed by atoms with Crippen molar-refractivity contribution in [1.82, 2.24) is 25.4 Å². The topological polar surface area (TPSA) is 121 Å². The van der Waals surface area contributed by atoms with E-state index in [1.54, 1.807) is 23.0 Å². The molecular formula is C22H23N7O3S. The van der Waals surface area contributed by atoms with Crippen molar-refractivity contribution in [3.05, 3.63) is 65.9 Å². The van der Waals surface area contributed by atoms with Crippen molar-refractivity contribution in [2.75, 3.05) is 21.9 Å². The average Bonchev–Trinajstić information content (AvgIpc) is 3.37. The number of hydrogen-bond donors (Lipinski definition) is 3. The van der Waals surface area contributed by atoms with Gasteiger partial charge in [0.1, 0.15) is 18.0 Å². The number of hydrogen-bond acceptors (Lipinski definition) is 8. The summed E-state index contributed by atoms with van der Waals surface area (Å²) in [5.41, 5.74) is 9.78. The molecule has 10 nitrogen and oxygen atoms in total. The number of ketones is 1. The van der Waals surface area contributed by atoms with Gasteiger partial charge in [0.2, 0.25) is 10.0 Å². The van der Waals surface area contributed by atoms with Gasteiger partial charge in [-0.25, -0.2) is 18.4 Å². The van der Waals surface area contributed by atoms with Gasteiger partial charge in [-0.1, -0.05) is 0 Å². The van der Waals surface area contributed by atoms with Crippen LogP contribution in [-0.4, -0.2) is 41.0 Å². The number of pyridine rings is 1. The molecule has 1 fully saturated rings. The minimum Gasteiger partial charge on any atom is -0.341 e. The van der Waals surface area contributed by atoms with E-state index in [2.05, 4.69) is 26.1 Å². The Kier molecular flexibility index (Phi) is 5.05. The van der Waals surface area contributed by atoms with E-state index in [4.69, 9.17) is 0 Å². The van der Waals surface area contributed by atoms with Crippen LogP contribution in [0.3, 0.4) is 0 Å². The van der Waals surface area contributed by atoms with E-state index in [1.165, 1.54) is 11.2 Å². The summed E-state index contributed by atoms with van der Waals surface area (Å²) >= 11 is 0. The monoisotopic (exact) mass is 465 g/mol. The molecule has 33 heavy (non-hydrogen) atoms. The molecule has 0 amide bonds. The smallest absolute Gasteiger partial charge is 0.236 e. The largest absolute Gasteiger partial charge is 0.341 e. The Balaban J connectivity index is 1.56. The summed E-state index contributed by atoms with van der Waals surface area (Å²) in [6.45, 7) is 3.67. The van der Waals surface area contributed by atoms with Gasteiger partial charge in [0.15, 0.2) is 11.6 Å². The second-order valence-corrected chi connectivity index (χ2v) is 9.97.